The van der Waals surface area contributed by atoms with Gasteiger partial charge in [0.1, 0.15) is 5.75 Å². The Hall–Kier alpha value is -4.44. The first kappa shape index (κ1) is 27.7. The Balaban J connectivity index is 1.29. The average molecular weight is 567 g/mol. The molecule has 1 amide bonds. The second-order valence-corrected chi connectivity index (χ2v) is 11.0. The van der Waals surface area contributed by atoms with Crippen molar-refractivity contribution in [1.29, 1.82) is 0 Å². The van der Waals surface area contributed by atoms with Crippen molar-refractivity contribution in [1.82, 2.24) is 24.6 Å². The Kier molecular flexibility index (Phi) is 7.80. The minimum atomic E-state index is -0.200. The lowest BCUT2D eigenvalue weighted by Crippen LogP contribution is -2.44. The van der Waals surface area contributed by atoms with Crippen LogP contribution in [0.15, 0.2) is 48.7 Å². The summed E-state index contributed by atoms with van der Waals surface area (Å²) in [5.74, 6) is 1.00. The Labute approximate surface area is 246 Å². The predicted molar refractivity (Wildman–Crippen MR) is 166 cm³/mol. The molecule has 10 nitrogen and oxygen atoms in total. The Bertz CT molecular complexity index is 1610. The lowest BCUT2D eigenvalue weighted by Gasteiger charge is -2.34. The summed E-state index contributed by atoms with van der Waals surface area (Å²) in [6.07, 6.45) is 5.17. The Morgan fingerprint density at radius 2 is 1.83 bits per heavy atom. The standard InChI is InChI=1S/C32H38N8O2/c1-5-21-9-6-7-12-25(21)34-31(41)29-24-11-8-10-22-20-33-32(36-28(22)30(24)39(3)37-29)35-26-14-13-23(19-27(26)42-4)40-17-15-38(2)16-18-40/h6-7,9,12-14,19-20H,5,8,10-11,15-18H2,1-4H3,(H,34,41)(H,33,35,36). The van der Waals surface area contributed by atoms with E-state index in [1.165, 1.54) is 0 Å². The quantitative estimate of drug-likeness (QED) is 0.333. The van der Waals surface area contributed by atoms with Gasteiger partial charge in [-0.1, -0.05) is 25.1 Å². The number of carbonyl (C=O) groups is 1. The van der Waals surface area contributed by atoms with Crippen molar-refractivity contribution in [3.63, 3.8) is 0 Å². The van der Waals surface area contributed by atoms with Gasteiger partial charge in [0, 0.05) is 62.4 Å². The molecule has 2 N–H and O–H groups in total. The molecule has 0 bridgehead atoms. The van der Waals surface area contributed by atoms with Crippen LogP contribution in [0.1, 0.15) is 40.5 Å². The van der Waals surface area contributed by atoms with Crippen molar-refractivity contribution >= 4 is 28.9 Å². The molecule has 6 rings (SSSR count). The monoisotopic (exact) mass is 566 g/mol. The maximum absolute atomic E-state index is 13.5. The molecule has 3 heterocycles. The summed E-state index contributed by atoms with van der Waals surface area (Å²) in [4.78, 5) is 27.8. The van der Waals surface area contributed by atoms with Crippen LogP contribution >= 0.6 is 0 Å². The first-order chi connectivity index (χ1) is 20.4. The van der Waals surface area contributed by atoms with E-state index in [4.69, 9.17) is 9.72 Å². The van der Waals surface area contributed by atoms with Gasteiger partial charge in [0.25, 0.3) is 5.91 Å². The highest BCUT2D eigenvalue weighted by molar-refractivity contribution is 6.05. The Morgan fingerprint density at radius 3 is 2.62 bits per heavy atom. The average Bonchev–Trinajstić information content (AvgIpc) is 3.22. The summed E-state index contributed by atoms with van der Waals surface area (Å²) in [7, 11) is 5.71. The van der Waals surface area contributed by atoms with Gasteiger partial charge in [-0.15, -0.1) is 0 Å². The fourth-order valence-electron chi connectivity index (χ4n) is 5.89. The first-order valence-electron chi connectivity index (χ1n) is 14.6. The van der Waals surface area contributed by atoms with Gasteiger partial charge in [0.15, 0.2) is 5.69 Å². The fraction of sp³-hybridized carbons (Fsp3) is 0.375. The predicted octanol–water partition coefficient (Wildman–Crippen LogP) is 4.68. The molecule has 2 aromatic heterocycles. The number of hydrogen-bond donors (Lipinski definition) is 2. The van der Waals surface area contributed by atoms with Gasteiger partial charge in [-0.05, 0) is 62.1 Å². The third-order valence-electron chi connectivity index (χ3n) is 8.27. The number of rotatable bonds is 7. The van der Waals surface area contributed by atoms with Gasteiger partial charge in [-0.3, -0.25) is 9.48 Å². The SMILES string of the molecule is CCc1ccccc1NC(=O)c1nn(C)c2c1CCCc1cnc(Nc3ccc(N4CCN(C)CC4)cc3OC)nc1-2. The molecule has 2 aliphatic rings. The van der Waals surface area contributed by atoms with E-state index in [1.54, 1.807) is 11.8 Å². The summed E-state index contributed by atoms with van der Waals surface area (Å²) < 4.78 is 7.54. The van der Waals surface area contributed by atoms with Gasteiger partial charge in [0.2, 0.25) is 5.95 Å². The molecule has 1 fully saturated rings. The molecule has 1 aliphatic carbocycles. The van der Waals surface area contributed by atoms with Crippen LogP contribution in [0.4, 0.5) is 23.0 Å². The lowest BCUT2D eigenvalue weighted by atomic mass is 10.1. The molecule has 1 saturated heterocycles. The molecule has 0 saturated carbocycles. The number of aryl methyl sites for hydroxylation is 3. The van der Waals surface area contributed by atoms with Crippen LogP contribution in [-0.4, -0.2) is 70.9 Å². The third-order valence-corrected chi connectivity index (χ3v) is 8.27. The van der Waals surface area contributed by atoms with Crippen molar-refractivity contribution in [2.24, 2.45) is 7.05 Å². The number of amides is 1. The van der Waals surface area contributed by atoms with E-state index in [9.17, 15) is 4.79 Å². The maximum Gasteiger partial charge on any atom is 0.276 e. The fourth-order valence-corrected chi connectivity index (χ4v) is 5.89. The molecule has 0 unspecified atom stereocenters. The van der Waals surface area contributed by atoms with E-state index in [1.807, 2.05) is 43.6 Å². The van der Waals surface area contributed by atoms with E-state index >= 15 is 0 Å². The van der Waals surface area contributed by atoms with Gasteiger partial charge >= 0.3 is 0 Å². The van der Waals surface area contributed by atoms with Crippen LogP contribution in [-0.2, 0) is 26.3 Å². The number of carbonyl (C=O) groups excluding carboxylic acids is 1. The molecule has 42 heavy (non-hydrogen) atoms. The first-order valence-corrected chi connectivity index (χ1v) is 14.6. The second-order valence-electron chi connectivity index (χ2n) is 11.0. The van der Waals surface area contributed by atoms with Gasteiger partial charge in [0.05, 0.1) is 24.2 Å². The number of anilines is 4. The van der Waals surface area contributed by atoms with Crippen LogP contribution in [0.25, 0.3) is 11.4 Å². The smallest absolute Gasteiger partial charge is 0.276 e. The lowest BCUT2D eigenvalue weighted by molar-refractivity contribution is 0.102. The topological polar surface area (TPSA) is 100 Å². The van der Waals surface area contributed by atoms with Crippen molar-refractivity contribution in [2.75, 3.05) is 55.9 Å². The summed E-state index contributed by atoms with van der Waals surface area (Å²) >= 11 is 0. The van der Waals surface area contributed by atoms with E-state index < -0.39 is 0 Å². The van der Waals surface area contributed by atoms with Crippen molar-refractivity contribution in [3.05, 3.63) is 71.0 Å². The number of ether oxygens (including phenoxy) is 1. The number of aromatic nitrogens is 4. The zero-order valence-corrected chi connectivity index (χ0v) is 24.8. The molecule has 0 spiro atoms. The number of benzene rings is 2. The molecule has 0 radical (unpaired) electrons. The van der Waals surface area contributed by atoms with Gasteiger partial charge in [-0.2, -0.15) is 5.10 Å². The normalized spacial score (nSPS) is 15.0. The molecule has 218 valence electrons. The van der Waals surface area contributed by atoms with Crippen LogP contribution in [0, 0.1) is 0 Å². The Morgan fingerprint density at radius 1 is 1.02 bits per heavy atom. The van der Waals surface area contributed by atoms with E-state index in [2.05, 4.69) is 56.6 Å². The summed E-state index contributed by atoms with van der Waals surface area (Å²) in [5.41, 5.74) is 7.91. The molecular formula is C32H38N8O2. The van der Waals surface area contributed by atoms with Crippen LogP contribution in [0.5, 0.6) is 5.75 Å². The highest BCUT2D eigenvalue weighted by atomic mass is 16.5. The van der Waals surface area contributed by atoms with Crippen LogP contribution in [0.3, 0.4) is 0 Å². The molecule has 4 aromatic rings. The highest BCUT2D eigenvalue weighted by Gasteiger charge is 2.28. The van der Waals surface area contributed by atoms with E-state index in [0.717, 1.165) is 103 Å². The summed E-state index contributed by atoms with van der Waals surface area (Å²) in [5, 5.41) is 11.1. The number of fused-ring (bicyclic) bond motifs is 3. The number of nitrogens with one attached hydrogen (secondary N) is 2. The van der Waals surface area contributed by atoms with E-state index in [-0.39, 0.29) is 5.91 Å². The maximum atomic E-state index is 13.5. The number of nitrogens with zero attached hydrogens (tertiary/aromatic N) is 6. The zero-order chi connectivity index (χ0) is 29.2. The molecule has 0 atom stereocenters. The van der Waals surface area contributed by atoms with Crippen molar-refractivity contribution < 1.29 is 9.53 Å². The van der Waals surface area contributed by atoms with E-state index in [0.29, 0.717) is 11.6 Å². The van der Waals surface area contributed by atoms with Crippen LogP contribution in [0.2, 0.25) is 0 Å². The van der Waals surface area contributed by atoms with Gasteiger partial charge in [-0.25, -0.2) is 9.97 Å². The summed E-state index contributed by atoms with van der Waals surface area (Å²) in [6.45, 7) is 6.13. The highest BCUT2D eigenvalue weighted by Crippen LogP contribution is 2.36. The zero-order valence-electron chi connectivity index (χ0n) is 24.8. The number of hydrogen-bond acceptors (Lipinski definition) is 8. The minimum Gasteiger partial charge on any atom is -0.494 e. The molecule has 1 aliphatic heterocycles. The number of piperazine rings is 1. The van der Waals surface area contributed by atoms with Crippen molar-refractivity contribution in [2.45, 2.75) is 32.6 Å². The number of likely N-dealkylation sites (N-methyl/N-ethyl adjacent to an activating group) is 1. The number of methoxy groups -OCH3 is 1. The second kappa shape index (κ2) is 11.8. The third kappa shape index (κ3) is 5.42. The van der Waals surface area contributed by atoms with Crippen molar-refractivity contribution in [3.8, 4) is 17.1 Å². The molecular weight excluding hydrogens is 528 g/mol. The molecule has 10 heteroatoms. The largest absolute Gasteiger partial charge is 0.494 e. The minimum absolute atomic E-state index is 0.200. The number of para-hydroxylation sites is 1. The summed E-state index contributed by atoms with van der Waals surface area (Å²) in [6, 6.07) is 14.1. The van der Waals surface area contributed by atoms with Gasteiger partial charge < -0.3 is 25.2 Å². The molecule has 2 aromatic carbocycles. The van der Waals surface area contributed by atoms with Crippen LogP contribution < -0.4 is 20.3 Å².